The maximum absolute atomic E-state index is 10.6. The molecule has 0 aliphatic heterocycles. The predicted molar refractivity (Wildman–Crippen MR) is 68.8 cm³/mol. The van der Waals surface area contributed by atoms with E-state index in [0.29, 0.717) is 10.7 Å². The van der Waals surface area contributed by atoms with Crippen LogP contribution in [-0.2, 0) is 11.2 Å². The largest absolute Gasteiger partial charge is 0.506 e. The van der Waals surface area contributed by atoms with Crippen molar-refractivity contribution < 1.29 is 15.0 Å². The van der Waals surface area contributed by atoms with Crippen molar-refractivity contribution >= 4 is 28.6 Å². The zero-order valence-electron chi connectivity index (χ0n) is 9.54. The molecule has 1 aromatic carbocycles. The lowest BCUT2D eigenvalue weighted by Crippen LogP contribution is -2.12. The second kappa shape index (κ2) is 6.51. The number of aliphatic carboxylic acids is 1. The van der Waals surface area contributed by atoms with Gasteiger partial charge in [-0.2, -0.15) is 5.26 Å². The SMILES string of the molecule is CSC(=Nc1cc(CC(=O)O)ccc1O)NC#N. The van der Waals surface area contributed by atoms with Crippen LogP contribution in [0.1, 0.15) is 5.56 Å². The minimum atomic E-state index is -0.962. The molecular formula is C11H11N3O3S. The molecule has 0 unspecified atom stereocenters. The molecule has 0 atom stereocenters. The van der Waals surface area contributed by atoms with Gasteiger partial charge in [0.15, 0.2) is 11.4 Å². The number of hydrogen-bond acceptors (Lipinski definition) is 5. The molecule has 18 heavy (non-hydrogen) atoms. The summed E-state index contributed by atoms with van der Waals surface area (Å²) in [7, 11) is 0. The molecular weight excluding hydrogens is 254 g/mol. The van der Waals surface area contributed by atoms with E-state index in [1.165, 1.54) is 30.0 Å². The van der Waals surface area contributed by atoms with E-state index in [1.54, 1.807) is 12.4 Å². The number of nitrogens with zero attached hydrogens (tertiary/aromatic N) is 2. The van der Waals surface area contributed by atoms with Crippen LogP contribution in [0.4, 0.5) is 5.69 Å². The van der Waals surface area contributed by atoms with Crippen LogP contribution in [0, 0.1) is 11.5 Å². The third kappa shape index (κ3) is 3.99. The molecule has 0 saturated heterocycles. The third-order valence-corrected chi connectivity index (χ3v) is 2.55. The van der Waals surface area contributed by atoms with Crippen molar-refractivity contribution in [2.24, 2.45) is 4.99 Å². The highest BCUT2D eigenvalue weighted by Gasteiger charge is 2.06. The van der Waals surface area contributed by atoms with Gasteiger partial charge >= 0.3 is 5.97 Å². The summed E-state index contributed by atoms with van der Waals surface area (Å²) in [5, 5.41) is 29.5. The predicted octanol–water partition coefficient (Wildman–Crippen LogP) is 1.44. The number of carboxylic acids is 1. The number of carboxylic acid groups (broad SMARTS) is 1. The van der Waals surface area contributed by atoms with Gasteiger partial charge in [0.1, 0.15) is 11.4 Å². The minimum absolute atomic E-state index is 0.0737. The van der Waals surface area contributed by atoms with Gasteiger partial charge in [0.25, 0.3) is 0 Å². The lowest BCUT2D eigenvalue weighted by molar-refractivity contribution is -0.136. The lowest BCUT2D eigenvalue weighted by atomic mass is 10.1. The topological polar surface area (TPSA) is 106 Å². The maximum Gasteiger partial charge on any atom is 0.307 e. The zero-order valence-corrected chi connectivity index (χ0v) is 10.4. The van der Waals surface area contributed by atoms with E-state index < -0.39 is 5.97 Å². The average Bonchev–Trinajstić information content (AvgIpc) is 2.32. The fraction of sp³-hybridized carbons (Fsp3) is 0.182. The Balaban J connectivity index is 3.07. The Labute approximate surface area is 108 Å². The number of carbonyl (C=O) groups is 1. The minimum Gasteiger partial charge on any atom is -0.506 e. The summed E-state index contributed by atoms with van der Waals surface area (Å²) in [6, 6.07) is 4.36. The summed E-state index contributed by atoms with van der Waals surface area (Å²) < 4.78 is 0. The Kier molecular flexibility index (Phi) is 5.02. The van der Waals surface area contributed by atoms with E-state index in [9.17, 15) is 9.90 Å². The fourth-order valence-corrected chi connectivity index (χ4v) is 1.56. The summed E-state index contributed by atoms with van der Waals surface area (Å²) in [5.74, 6) is -1.04. The van der Waals surface area contributed by atoms with E-state index in [4.69, 9.17) is 10.4 Å². The quantitative estimate of drug-likeness (QED) is 0.330. The molecule has 0 spiro atoms. The highest BCUT2D eigenvalue weighted by Crippen LogP contribution is 2.28. The highest BCUT2D eigenvalue weighted by molar-refractivity contribution is 8.13. The summed E-state index contributed by atoms with van der Waals surface area (Å²) in [5.41, 5.74) is 0.748. The second-order valence-corrected chi connectivity index (χ2v) is 4.05. The lowest BCUT2D eigenvalue weighted by Gasteiger charge is -2.04. The molecule has 0 aliphatic rings. The first-order valence-corrected chi connectivity index (χ1v) is 6.10. The zero-order chi connectivity index (χ0) is 13.5. The van der Waals surface area contributed by atoms with Gasteiger partial charge in [0, 0.05) is 0 Å². The first kappa shape index (κ1) is 13.9. The molecule has 1 aromatic rings. The van der Waals surface area contributed by atoms with Gasteiger partial charge in [-0.15, -0.1) is 0 Å². The number of benzene rings is 1. The molecule has 0 aromatic heterocycles. The van der Waals surface area contributed by atoms with Gasteiger partial charge in [-0.05, 0) is 24.0 Å². The van der Waals surface area contributed by atoms with Crippen molar-refractivity contribution in [3.05, 3.63) is 23.8 Å². The molecule has 0 fully saturated rings. The van der Waals surface area contributed by atoms with Gasteiger partial charge in [-0.25, -0.2) is 4.99 Å². The normalized spacial score (nSPS) is 10.8. The molecule has 6 nitrogen and oxygen atoms in total. The Morgan fingerprint density at radius 1 is 1.61 bits per heavy atom. The van der Waals surface area contributed by atoms with Gasteiger partial charge in [0.2, 0.25) is 0 Å². The molecule has 94 valence electrons. The summed E-state index contributed by atoms with van der Waals surface area (Å²) >= 11 is 1.21. The van der Waals surface area contributed by atoms with Crippen molar-refractivity contribution in [2.75, 3.05) is 6.26 Å². The molecule has 0 aliphatic carbocycles. The Hall–Kier alpha value is -2.20. The summed E-state index contributed by atoms with van der Waals surface area (Å²) in [6.07, 6.45) is 3.30. The van der Waals surface area contributed by atoms with E-state index in [-0.39, 0.29) is 17.9 Å². The molecule has 0 heterocycles. The van der Waals surface area contributed by atoms with Crippen molar-refractivity contribution in [1.82, 2.24) is 5.32 Å². The van der Waals surface area contributed by atoms with E-state index >= 15 is 0 Å². The van der Waals surface area contributed by atoms with Gasteiger partial charge in [-0.1, -0.05) is 17.8 Å². The summed E-state index contributed by atoms with van der Waals surface area (Å²) in [4.78, 5) is 14.6. The standard InChI is InChI=1S/C11H11N3O3S/c1-18-11(13-6-12)14-8-4-7(5-10(16)17)2-3-9(8)15/h2-4,15H,5H2,1H3,(H,13,14)(H,16,17). The Morgan fingerprint density at radius 2 is 2.33 bits per heavy atom. The Bertz CT molecular complexity index is 523. The third-order valence-electron chi connectivity index (χ3n) is 1.97. The van der Waals surface area contributed by atoms with Crippen LogP contribution in [0.2, 0.25) is 0 Å². The molecule has 1 rings (SSSR count). The van der Waals surface area contributed by atoms with E-state index in [1.807, 2.05) is 0 Å². The molecule has 0 radical (unpaired) electrons. The van der Waals surface area contributed by atoms with Crippen molar-refractivity contribution in [2.45, 2.75) is 6.42 Å². The first-order valence-electron chi connectivity index (χ1n) is 4.88. The summed E-state index contributed by atoms with van der Waals surface area (Å²) in [6.45, 7) is 0. The van der Waals surface area contributed by atoms with Crippen LogP contribution in [0.3, 0.4) is 0 Å². The van der Waals surface area contributed by atoms with E-state index in [0.717, 1.165) is 0 Å². The molecule has 0 bridgehead atoms. The number of phenols is 1. The van der Waals surface area contributed by atoms with Crippen LogP contribution in [-0.4, -0.2) is 27.6 Å². The number of amidine groups is 1. The van der Waals surface area contributed by atoms with Crippen molar-refractivity contribution in [1.29, 1.82) is 5.26 Å². The van der Waals surface area contributed by atoms with Gasteiger partial charge in [0.05, 0.1) is 6.42 Å². The monoisotopic (exact) mass is 265 g/mol. The number of thioether (sulfide) groups is 1. The number of rotatable bonds is 3. The number of aromatic hydroxyl groups is 1. The van der Waals surface area contributed by atoms with Crippen LogP contribution in [0.25, 0.3) is 0 Å². The van der Waals surface area contributed by atoms with Crippen LogP contribution >= 0.6 is 11.8 Å². The van der Waals surface area contributed by atoms with Crippen LogP contribution in [0.5, 0.6) is 5.75 Å². The number of nitriles is 1. The van der Waals surface area contributed by atoms with Crippen LogP contribution < -0.4 is 5.32 Å². The van der Waals surface area contributed by atoms with Crippen molar-refractivity contribution in [3.63, 3.8) is 0 Å². The molecule has 3 N–H and O–H groups in total. The highest BCUT2D eigenvalue weighted by atomic mass is 32.2. The smallest absolute Gasteiger partial charge is 0.307 e. The first-order chi connectivity index (χ1) is 8.56. The number of hydrogen-bond donors (Lipinski definition) is 3. The maximum atomic E-state index is 10.6. The molecule has 0 amide bonds. The number of phenolic OH excluding ortho intramolecular Hbond substituents is 1. The van der Waals surface area contributed by atoms with Crippen LogP contribution in [0.15, 0.2) is 23.2 Å². The van der Waals surface area contributed by atoms with E-state index in [2.05, 4.69) is 10.3 Å². The number of aliphatic imine (C=N–C) groups is 1. The average molecular weight is 265 g/mol. The molecule has 7 heteroatoms. The molecule has 0 saturated carbocycles. The fourth-order valence-electron chi connectivity index (χ4n) is 1.22. The van der Waals surface area contributed by atoms with Gasteiger partial charge < -0.3 is 10.2 Å². The van der Waals surface area contributed by atoms with Gasteiger partial charge in [-0.3, -0.25) is 10.1 Å². The number of nitrogens with one attached hydrogen (secondary N) is 1. The van der Waals surface area contributed by atoms with Crippen molar-refractivity contribution in [3.8, 4) is 11.9 Å². The second-order valence-electron chi connectivity index (χ2n) is 3.25. The Morgan fingerprint density at radius 3 is 2.89 bits per heavy atom.